The molecule has 8 nitrogen and oxygen atoms in total. The van der Waals surface area contributed by atoms with E-state index in [0.29, 0.717) is 18.9 Å². The minimum absolute atomic E-state index is 0.221. The lowest BCUT2D eigenvalue weighted by atomic mass is 10.5. The molecule has 0 aliphatic carbocycles. The number of anilines is 1. The van der Waals surface area contributed by atoms with E-state index in [9.17, 15) is 0 Å². The Morgan fingerprint density at radius 3 is 2.93 bits per heavy atom. The van der Waals surface area contributed by atoms with Gasteiger partial charge in [-0.3, -0.25) is 5.10 Å². The molecule has 0 aliphatic rings. The third kappa shape index (κ3) is 1.69. The van der Waals surface area contributed by atoms with Crippen LogP contribution in [-0.2, 0) is 13.1 Å². The van der Waals surface area contributed by atoms with Crippen LogP contribution < -0.4 is 11.5 Å². The minimum atomic E-state index is 0.221. The zero-order valence-corrected chi connectivity index (χ0v) is 7.38. The first-order valence-corrected chi connectivity index (χ1v) is 4.04. The summed E-state index contributed by atoms with van der Waals surface area (Å²) in [5.41, 5.74) is 11.5. The number of nitrogens with one attached hydrogen (secondary N) is 1. The Morgan fingerprint density at radius 1 is 1.50 bits per heavy atom. The molecule has 74 valence electrons. The number of nitrogens with two attached hydrogens (primary N) is 2. The maximum absolute atomic E-state index is 5.39. The van der Waals surface area contributed by atoms with Crippen LogP contribution in [0.5, 0.6) is 0 Å². The number of H-pyrrole nitrogens is 1. The topological polar surface area (TPSA) is 124 Å². The quantitative estimate of drug-likeness (QED) is 0.545. The second-order valence-corrected chi connectivity index (χ2v) is 2.75. The number of aromatic amines is 1. The molecule has 0 atom stereocenters. The lowest BCUT2D eigenvalue weighted by Crippen LogP contribution is -2.02. The van der Waals surface area contributed by atoms with E-state index in [-0.39, 0.29) is 5.95 Å². The van der Waals surface area contributed by atoms with Crippen molar-refractivity contribution in [2.75, 3.05) is 5.73 Å². The Bertz CT molecular complexity index is 415. The maximum atomic E-state index is 5.39. The second kappa shape index (κ2) is 3.42. The van der Waals surface area contributed by atoms with Crippen LogP contribution in [0.4, 0.5) is 5.95 Å². The summed E-state index contributed by atoms with van der Waals surface area (Å²) in [6, 6.07) is 0. The molecule has 0 aromatic carbocycles. The van der Waals surface area contributed by atoms with Crippen LogP contribution in [-0.4, -0.2) is 30.2 Å². The van der Waals surface area contributed by atoms with E-state index < -0.39 is 0 Å². The van der Waals surface area contributed by atoms with Crippen molar-refractivity contribution in [1.29, 1.82) is 0 Å². The van der Waals surface area contributed by atoms with Crippen LogP contribution in [0.1, 0.15) is 11.5 Å². The van der Waals surface area contributed by atoms with Crippen LogP contribution in [0.2, 0.25) is 0 Å². The second-order valence-electron chi connectivity index (χ2n) is 2.75. The SMILES string of the molecule is NCc1cn(Cc2nc(N)n[nH]2)nn1. The van der Waals surface area contributed by atoms with Gasteiger partial charge in [-0.05, 0) is 0 Å². The molecule has 2 aromatic rings. The summed E-state index contributed by atoms with van der Waals surface area (Å²) in [5.74, 6) is 0.857. The van der Waals surface area contributed by atoms with E-state index in [4.69, 9.17) is 11.5 Å². The van der Waals surface area contributed by atoms with Crippen molar-refractivity contribution in [3.8, 4) is 0 Å². The highest BCUT2D eigenvalue weighted by Crippen LogP contribution is 1.97. The molecule has 14 heavy (non-hydrogen) atoms. The highest BCUT2D eigenvalue weighted by Gasteiger charge is 2.03. The molecule has 0 amide bonds. The van der Waals surface area contributed by atoms with Gasteiger partial charge in [-0.2, -0.15) is 4.98 Å². The standard InChI is InChI=1S/C6H10N8/c7-1-4-2-14(13-10-4)3-5-9-6(8)12-11-5/h2H,1,3,7H2,(H3,8,9,11,12). The van der Waals surface area contributed by atoms with Gasteiger partial charge < -0.3 is 11.5 Å². The summed E-state index contributed by atoms with van der Waals surface area (Å²) in [5, 5.41) is 14.1. The Kier molecular flexibility index (Phi) is 2.11. The summed E-state index contributed by atoms with van der Waals surface area (Å²) in [7, 11) is 0. The summed E-state index contributed by atoms with van der Waals surface area (Å²) < 4.78 is 1.61. The van der Waals surface area contributed by atoms with Crippen LogP contribution >= 0.6 is 0 Å². The first kappa shape index (κ1) is 8.63. The monoisotopic (exact) mass is 194 g/mol. The van der Waals surface area contributed by atoms with Crippen LogP contribution in [0.15, 0.2) is 6.20 Å². The largest absolute Gasteiger partial charge is 0.367 e. The van der Waals surface area contributed by atoms with Gasteiger partial charge in [0.25, 0.3) is 0 Å². The average Bonchev–Trinajstić information content (AvgIpc) is 2.76. The molecule has 0 aliphatic heterocycles. The molecule has 5 N–H and O–H groups in total. The molecular formula is C6H10N8. The van der Waals surface area contributed by atoms with Gasteiger partial charge in [0.15, 0.2) is 0 Å². The number of rotatable bonds is 3. The third-order valence-electron chi connectivity index (χ3n) is 1.66. The Labute approximate surface area is 79.3 Å². The molecule has 0 saturated carbocycles. The summed E-state index contributed by atoms with van der Waals surface area (Å²) in [6.45, 7) is 0.829. The normalized spacial score (nSPS) is 10.6. The molecule has 0 fully saturated rings. The number of nitrogens with zero attached hydrogens (tertiary/aromatic N) is 5. The first-order chi connectivity index (χ1) is 6.78. The van der Waals surface area contributed by atoms with Crippen molar-refractivity contribution in [1.82, 2.24) is 30.2 Å². The molecule has 0 unspecified atom stereocenters. The molecule has 0 bridgehead atoms. The van der Waals surface area contributed by atoms with Gasteiger partial charge in [-0.1, -0.05) is 5.21 Å². The summed E-state index contributed by atoms with van der Waals surface area (Å²) in [6.07, 6.45) is 1.75. The van der Waals surface area contributed by atoms with Crippen LogP contribution in [0, 0.1) is 0 Å². The van der Waals surface area contributed by atoms with Crippen LogP contribution in [0.3, 0.4) is 0 Å². The summed E-state index contributed by atoms with van der Waals surface area (Å²) in [4.78, 5) is 3.93. The first-order valence-electron chi connectivity index (χ1n) is 4.04. The molecule has 2 heterocycles. The van der Waals surface area contributed by atoms with E-state index in [1.54, 1.807) is 10.9 Å². The maximum Gasteiger partial charge on any atom is 0.239 e. The van der Waals surface area contributed by atoms with Crippen molar-refractivity contribution in [2.45, 2.75) is 13.1 Å². The van der Waals surface area contributed by atoms with Crippen molar-refractivity contribution in [3.63, 3.8) is 0 Å². The van der Waals surface area contributed by atoms with E-state index in [1.165, 1.54) is 0 Å². The fraction of sp³-hybridized carbons (Fsp3) is 0.333. The molecular weight excluding hydrogens is 184 g/mol. The van der Waals surface area contributed by atoms with Crippen molar-refractivity contribution in [2.24, 2.45) is 5.73 Å². The van der Waals surface area contributed by atoms with E-state index in [2.05, 4.69) is 25.5 Å². The van der Waals surface area contributed by atoms with E-state index in [0.717, 1.165) is 5.69 Å². The Hall–Kier alpha value is -1.96. The fourth-order valence-electron chi connectivity index (χ4n) is 1.04. The van der Waals surface area contributed by atoms with Gasteiger partial charge in [-0.25, -0.2) is 4.68 Å². The van der Waals surface area contributed by atoms with Crippen molar-refractivity contribution < 1.29 is 0 Å². The molecule has 0 saturated heterocycles. The predicted molar refractivity (Wildman–Crippen MR) is 47.8 cm³/mol. The van der Waals surface area contributed by atoms with Gasteiger partial charge in [0.05, 0.1) is 11.9 Å². The molecule has 2 rings (SSSR count). The molecule has 8 heteroatoms. The summed E-state index contributed by atoms with van der Waals surface area (Å²) >= 11 is 0. The van der Waals surface area contributed by atoms with Crippen molar-refractivity contribution >= 4 is 5.95 Å². The van der Waals surface area contributed by atoms with Gasteiger partial charge in [0.2, 0.25) is 5.95 Å². The van der Waals surface area contributed by atoms with Crippen molar-refractivity contribution in [3.05, 3.63) is 17.7 Å². The Morgan fingerprint density at radius 2 is 2.36 bits per heavy atom. The molecule has 2 aromatic heterocycles. The van der Waals surface area contributed by atoms with Gasteiger partial charge in [0, 0.05) is 6.54 Å². The lowest BCUT2D eigenvalue weighted by Gasteiger charge is -1.93. The zero-order chi connectivity index (χ0) is 9.97. The zero-order valence-electron chi connectivity index (χ0n) is 7.38. The fourth-order valence-corrected chi connectivity index (χ4v) is 1.04. The predicted octanol–water partition coefficient (Wildman–Crippen LogP) is -1.51. The van der Waals surface area contributed by atoms with Gasteiger partial charge in [0.1, 0.15) is 12.4 Å². The highest BCUT2D eigenvalue weighted by atomic mass is 15.4. The van der Waals surface area contributed by atoms with E-state index in [1.807, 2.05) is 0 Å². The highest BCUT2D eigenvalue weighted by molar-refractivity contribution is 5.12. The van der Waals surface area contributed by atoms with Gasteiger partial charge >= 0.3 is 0 Å². The number of hydrogen-bond acceptors (Lipinski definition) is 6. The molecule has 0 spiro atoms. The number of aromatic nitrogens is 6. The number of hydrogen-bond donors (Lipinski definition) is 3. The average molecular weight is 194 g/mol. The third-order valence-corrected chi connectivity index (χ3v) is 1.66. The van der Waals surface area contributed by atoms with Crippen LogP contribution in [0.25, 0.3) is 0 Å². The smallest absolute Gasteiger partial charge is 0.239 e. The van der Waals surface area contributed by atoms with E-state index >= 15 is 0 Å². The Balaban J connectivity index is 2.10. The number of nitrogen functional groups attached to an aromatic ring is 1. The van der Waals surface area contributed by atoms with Gasteiger partial charge in [-0.15, -0.1) is 10.2 Å². The minimum Gasteiger partial charge on any atom is -0.367 e. The molecule has 0 radical (unpaired) electrons. The lowest BCUT2D eigenvalue weighted by molar-refractivity contribution is 0.626.